The summed E-state index contributed by atoms with van der Waals surface area (Å²) in [6.45, 7) is 8.06. The first-order valence-corrected chi connectivity index (χ1v) is 13.0. The summed E-state index contributed by atoms with van der Waals surface area (Å²) in [5.74, 6) is -0.620. The molecule has 0 aliphatic carbocycles. The third-order valence-electron chi connectivity index (χ3n) is 5.17. The van der Waals surface area contributed by atoms with Crippen molar-refractivity contribution in [3.63, 3.8) is 0 Å². The number of esters is 2. The molecule has 0 saturated carbocycles. The lowest BCUT2D eigenvalue weighted by atomic mass is 10.1. The third-order valence-corrected chi connectivity index (χ3v) is 7.33. The van der Waals surface area contributed by atoms with Gasteiger partial charge >= 0.3 is 11.9 Å². The molecule has 0 fully saturated rings. The maximum atomic E-state index is 12.8. The second-order valence-corrected chi connectivity index (χ2v) is 9.43. The van der Waals surface area contributed by atoms with Crippen molar-refractivity contribution in [1.29, 1.82) is 0 Å². The van der Waals surface area contributed by atoms with Crippen molar-refractivity contribution < 1.29 is 23.9 Å². The highest BCUT2D eigenvalue weighted by Crippen LogP contribution is 2.34. The molecule has 3 aromatic rings. The molecule has 0 aliphatic rings. The van der Waals surface area contributed by atoms with Gasteiger partial charge in [0.2, 0.25) is 5.91 Å². The first kappa shape index (κ1) is 26.5. The van der Waals surface area contributed by atoms with E-state index >= 15 is 0 Å². The minimum atomic E-state index is -0.601. The van der Waals surface area contributed by atoms with Crippen LogP contribution >= 0.6 is 23.1 Å². The van der Waals surface area contributed by atoms with Gasteiger partial charge in [-0.15, -0.1) is 21.5 Å². The summed E-state index contributed by atoms with van der Waals surface area (Å²) in [5.41, 5.74) is 1.70. The fourth-order valence-electron chi connectivity index (χ4n) is 3.45. The van der Waals surface area contributed by atoms with Crippen molar-refractivity contribution in [3.05, 3.63) is 45.9 Å². The van der Waals surface area contributed by atoms with Crippen LogP contribution in [0.15, 0.2) is 23.5 Å². The molecule has 188 valence electrons. The lowest BCUT2D eigenvalue weighted by Crippen LogP contribution is -2.17. The number of hydrogen-bond donors (Lipinski definition) is 1. The zero-order chi connectivity index (χ0) is 25.5. The summed E-state index contributed by atoms with van der Waals surface area (Å²) < 4.78 is 14.2. The van der Waals surface area contributed by atoms with Crippen LogP contribution in [-0.4, -0.2) is 56.1 Å². The summed E-state index contributed by atoms with van der Waals surface area (Å²) in [6.07, 6.45) is 2.61. The van der Waals surface area contributed by atoms with Crippen LogP contribution in [0.2, 0.25) is 0 Å². The molecule has 1 N–H and O–H groups in total. The van der Waals surface area contributed by atoms with E-state index in [0.29, 0.717) is 23.7 Å². The Bertz CT molecular complexity index is 1210. The maximum absolute atomic E-state index is 12.8. The predicted molar refractivity (Wildman–Crippen MR) is 134 cm³/mol. The van der Waals surface area contributed by atoms with E-state index in [2.05, 4.69) is 15.5 Å². The van der Waals surface area contributed by atoms with Gasteiger partial charge < -0.3 is 23.9 Å². The van der Waals surface area contributed by atoms with Crippen LogP contribution in [0.25, 0.3) is 0 Å². The number of aryl methyl sites for hydroxylation is 1. The van der Waals surface area contributed by atoms with E-state index in [1.807, 2.05) is 41.4 Å². The van der Waals surface area contributed by atoms with Gasteiger partial charge in [-0.2, -0.15) is 0 Å². The number of aromatic nitrogens is 4. The smallest absolute Gasteiger partial charge is 0.348 e. The van der Waals surface area contributed by atoms with Gasteiger partial charge in [-0.1, -0.05) is 11.8 Å². The van der Waals surface area contributed by atoms with Crippen LogP contribution in [0, 0.1) is 6.92 Å². The molecule has 0 spiro atoms. The van der Waals surface area contributed by atoms with Gasteiger partial charge in [0, 0.05) is 31.9 Å². The summed E-state index contributed by atoms with van der Waals surface area (Å²) in [7, 11) is 1.98. The summed E-state index contributed by atoms with van der Waals surface area (Å²) in [6, 6.07) is 4.01. The van der Waals surface area contributed by atoms with Crippen LogP contribution < -0.4 is 5.32 Å². The Labute approximate surface area is 212 Å². The number of rotatable bonds is 11. The lowest BCUT2D eigenvalue weighted by Gasteiger charge is -2.09. The number of nitrogens with zero attached hydrogens (tertiary/aromatic N) is 4. The number of thiophene rings is 1. The van der Waals surface area contributed by atoms with Crippen molar-refractivity contribution in [1.82, 2.24) is 19.3 Å². The molecule has 0 bridgehead atoms. The summed E-state index contributed by atoms with van der Waals surface area (Å²) in [4.78, 5) is 37.9. The zero-order valence-electron chi connectivity index (χ0n) is 20.4. The molecule has 1 amide bonds. The highest BCUT2D eigenvalue weighted by Gasteiger charge is 2.27. The Hall–Kier alpha value is -3.12. The number of nitrogens with one attached hydrogen (secondary N) is 1. The van der Waals surface area contributed by atoms with E-state index in [1.165, 1.54) is 11.8 Å². The lowest BCUT2D eigenvalue weighted by molar-refractivity contribution is -0.113. The van der Waals surface area contributed by atoms with E-state index in [1.54, 1.807) is 20.8 Å². The maximum Gasteiger partial charge on any atom is 0.348 e. The van der Waals surface area contributed by atoms with Crippen molar-refractivity contribution >= 4 is 45.9 Å². The number of amides is 1. The Morgan fingerprint density at radius 3 is 2.46 bits per heavy atom. The Kier molecular flexibility index (Phi) is 9.10. The molecule has 12 heteroatoms. The van der Waals surface area contributed by atoms with Gasteiger partial charge in [0.1, 0.15) is 15.7 Å². The van der Waals surface area contributed by atoms with Crippen LogP contribution in [0.5, 0.6) is 0 Å². The number of hydrogen-bond acceptors (Lipinski definition) is 9. The molecular formula is C23H29N5O5S2. The van der Waals surface area contributed by atoms with Crippen LogP contribution in [0.1, 0.15) is 57.9 Å². The normalized spacial score (nSPS) is 10.9. The Morgan fingerprint density at radius 2 is 1.83 bits per heavy atom. The first-order chi connectivity index (χ1) is 16.8. The van der Waals surface area contributed by atoms with E-state index in [0.717, 1.165) is 22.9 Å². The van der Waals surface area contributed by atoms with Crippen molar-refractivity contribution in [2.75, 3.05) is 24.3 Å². The monoisotopic (exact) mass is 519 g/mol. The van der Waals surface area contributed by atoms with Gasteiger partial charge in [-0.05, 0) is 45.4 Å². The molecule has 3 heterocycles. The summed E-state index contributed by atoms with van der Waals surface area (Å²) >= 11 is 2.26. The fraction of sp³-hybridized carbons (Fsp3) is 0.435. The second kappa shape index (κ2) is 12.0. The molecular weight excluding hydrogens is 490 g/mol. The largest absolute Gasteiger partial charge is 0.462 e. The average Bonchev–Trinajstić information content (AvgIpc) is 3.50. The van der Waals surface area contributed by atoms with Gasteiger partial charge in [0.15, 0.2) is 5.16 Å². The molecule has 0 unspecified atom stereocenters. The van der Waals surface area contributed by atoms with E-state index in [4.69, 9.17) is 9.47 Å². The number of carbonyl (C=O) groups excluding carboxylic acids is 3. The molecule has 3 aromatic heterocycles. The molecule has 0 atom stereocenters. The van der Waals surface area contributed by atoms with Gasteiger partial charge in [0.25, 0.3) is 0 Å². The van der Waals surface area contributed by atoms with E-state index in [-0.39, 0.29) is 40.3 Å². The standard InChI is InChI=1S/C23H29N5O5S2/c1-6-28-16(12-15-10-9-11-27(15)5)25-26-23(28)34-13-17(29)24-20-18(21(30)32-7-2)14(4)19(35-20)22(31)33-8-3/h9-11H,6-8,12-13H2,1-5H3,(H,24,29). The van der Waals surface area contributed by atoms with Gasteiger partial charge in [-0.3, -0.25) is 4.79 Å². The molecule has 0 radical (unpaired) electrons. The molecule has 0 saturated heterocycles. The van der Waals surface area contributed by atoms with Crippen molar-refractivity contribution in [3.8, 4) is 0 Å². The van der Waals surface area contributed by atoms with Crippen LogP contribution in [-0.2, 0) is 34.3 Å². The topological polar surface area (TPSA) is 117 Å². The molecule has 35 heavy (non-hydrogen) atoms. The van der Waals surface area contributed by atoms with Crippen LogP contribution in [0.4, 0.5) is 5.00 Å². The molecule has 10 nitrogen and oxygen atoms in total. The SMILES string of the molecule is CCOC(=O)c1sc(NC(=O)CSc2nnc(Cc3cccn3C)n2CC)c(C(=O)OCC)c1C. The highest BCUT2D eigenvalue weighted by atomic mass is 32.2. The van der Waals surface area contributed by atoms with Crippen molar-refractivity contribution in [2.45, 2.75) is 45.8 Å². The second-order valence-electron chi connectivity index (χ2n) is 7.47. The average molecular weight is 520 g/mol. The molecule has 0 aliphatic heterocycles. The van der Waals surface area contributed by atoms with Gasteiger partial charge in [0.05, 0.1) is 24.5 Å². The van der Waals surface area contributed by atoms with Gasteiger partial charge in [-0.25, -0.2) is 9.59 Å². The van der Waals surface area contributed by atoms with Crippen LogP contribution in [0.3, 0.4) is 0 Å². The quantitative estimate of drug-likeness (QED) is 0.301. The Morgan fingerprint density at radius 1 is 1.11 bits per heavy atom. The van der Waals surface area contributed by atoms with E-state index < -0.39 is 11.9 Å². The highest BCUT2D eigenvalue weighted by molar-refractivity contribution is 7.99. The van der Waals surface area contributed by atoms with Crippen molar-refractivity contribution in [2.24, 2.45) is 7.05 Å². The minimum Gasteiger partial charge on any atom is -0.462 e. The number of thioether (sulfide) groups is 1. The fourth-order valence-corrected chi connectivity index (χ4v) is 5.38. The number of ether oxygens (including phenoxy) is 2. The number of carbonyl (C=O) groups is 3. The predicted octanol–water partition coefficient (Wildman–Crippen LogP) is 3.68. The first-order valence-electron chi connectivity index (χ1n) is 11.2. The number of anilines is 1. The Balaban J connectivity index is 1.74. The molecule has 0 aromatic carbocycles. The third kappa shape index (κ3) is 6.12. The zero-order valence-corrected chi connectivity index (χ0v) is 22.0. The summed E-state index contributed by atoms with van der Waals surface area (Å²) in [5, 5.41) is 12.2. The minimum absolute atomic E-state index is 0.0518. The van der Waals surface area contributed by atoms with E-state index in [9.17, 15) is 14.4 Å². The molecule has 3 rings (SSSR count).